The second-order valence-electron chi connectivity index (χ2n) is 33.3. The Balaban J connectivity index is 0.000000229. The third-order valence-electron chi connectivity index (χ3n) is 17.8. The van der Waals surface area contributed by atoms with E-state index in [1.54, 1.807) is 26.8 Å². The second-order valence-corrected chi connectivity index (χ2v) is 37.0. The number of amides is 5. The molecule has 19 nitrogen and oxygen atoms in total. The van der Waals surface area contributed by atoms with Crippen LogP contribution in [0.2, 0.25) is 0 Å². The monoisotopic (exact) mass is 1710 g/mol. The van der Waals surface area contributed by atoms with Gasteiger partial charge in [-0.2, -0.15) is 0 Å². The molecule has 6 aromatic carbocycles. The van der Waals surface area contributed by atoms with Gasteiger partial charge in [-0.15, -0.1) is 0 Å². The minimum atomic E-state index is -0.532. The molecule has 0 atom stereocenters. The number of nitrogens with two attached hydrogens (primary N) is 2. The van der Waals surface area contributed by atoms with Crippen molar-refractivity contribution in [2.75, 3.05) is 69.1 Å². The standard InChI is InChI=1S/C16H22BrNO2.C16H22N4O2.C16H24N2O2.2C11H12BrNO.C11H14BrN.C2H7N/c1-15(2,3)20-14(19)18-9-8-16(4,5)12-10-11(17)6-7-13(12)18;1-15(2,3)22-14(21)20-9-8-16(4,5)12-10-11(18-19-17)6-7-13(12)20;1-15(2,3)20-14(19)18-9-8-16(4,5)12-10-11(17)6-7-13(12)18;1-11(2)6-10(14)13-9-4-3-7(12)5-8(9)11;1-8(2)7-11(14)13-10-5-3-9(12)4-6-10;1-11(2)5-6-13-10-4-3-8(12)7-9(10)11;1-2-3/h6-7,10H,8-9H2,1-5H3;6-7,10H,8-9H2,1-5H3;6-7,10H,8-9,17H2,1-5H3;3-5H,6H2,1-2H3,(H,13,14);3-7H,1-2H3,(H,13,14);3-4,7,13H,5-6H2,1-2H3;2-3H2,1H3. The van der Waals surface area contributed by atoms with Gasteiger partial charge in [0.05, 0.1) is 17.1 Å². The molecule has 0 saturated carbocycles. The minimum absolute atomic E-state index is 0.0171. The van der Waals surface area contributed by atoms with E-state index in [1.165, 1.54) is 33.3 Å². The Morgan fingerprint density at radius 3 is 1.34 bits per heavy atom. The number of allylic oxidation sites excluding steroid dienone is 1. The molecular formula is C83H113Br4N11O8. The molecule has 0 fully saturated rings. The molecule has 106 heavy (non-hydrogen) atoms. The number of hydrogen-bond acceptors (Lipinski definition) is 12. The van der Waals surface area contributed by atoms with Crippen LogP contribution in [0.5, 0.6) is 0 Å². The third-order valence-corrected chi connectivity index (χ3v) is 19.8. The van der Waals surface area contributed by atoms with Crippen molar-refractivity contribution in [3.05, 3.63) is 183 Å². The van der Waals surface area contributed by atoms with Crippen molar-refractivity contribution in [2.45, 2.75) is 228 Å². The van der Waals surface area contributed by atoms with Gasteiger partial charge in [-0.05, 0) is 273 Å². The first-order valence-corrected chi connectivity index (χ1v) is 39.1. The molecule has 6 aromatic rings. The normalized spacial score (nSPS) is 16.3. The Morgan fingerprint density at radius 2 is 0.906 bits per heavy atom. The van der Waals surface area contributed by atoms with Gasteiger partial charge >= 0.3 is 18.3 Å². The number of fused-ring (bicyclic) bond motifs is 5. The van der Waals surface area contributed by atoms with Gasteiger partial charge < -0.3 is 41.6 Å². The van der Waals surface area contributed by atoms with E-state index in [1.807, 2.05) is 162 Å². The fraction of sp³-hybridized carbons (Fsp3) is 0.482. The molecule has 0 radical (unpaired) electrons. The smallest absolute Gasteiger partial charge is 0.414 e. The van der Waals surface area contributed by atoms with Crippen LogP contribution in [0.25, 0.3) is 10.4 Å². The van der Waals surface area contributed by atoms with Crippen LogP contribution < -0.4 is 42.1 Å². The average molecular weight is 1710 g/mol. The van der Waals surface area contributed by atoms with Crippen LogP contribution in [0.4, 0.5) is 59.9 Å². The van der Waals surface area contributed by atoms with E-state index in [-0.39, 0.29) is 51.8 Å². The number of nitrogens with zero attached hydrogens (tertiary/aromatic N) is 6. The summed E-state index contributed by atoms with van der Waals surface area (Å²) in [7, 11) is 0. The van der Waals surface area contributed by atoms with Crippen LogP contribution in [0, 0.1) is 0 Å². The number of benzene rings is 6. The van der Waals surface area contributed by atoms with Gasteiger partial charge in [0.2, 0.25) is 11.8 Å². The highest BCUT2D eigenvalue weighted by molar-refractivity contribution is 9.11. The summed E-state index contributed by atoms with van der Waals surface area (Å²) >= 11 is 13.8. The Kier molecular flexibility index (Phi) is 31.3. The van der Waals surface area contributed by atoms with E-state index < -0.39 is 16.8 Å². The molecule has 0 unspecified atom stereocenters. The number of carbonyl (C=O) groups is 5. The van der Waals surface area contributed by atoms with Gasteiger partial charge in [0.25, 0.3) is 0 Å². The molecule has 11 rings (SSSR count). The van der Waals surface area contributed by atoms with Crippen LogP contribution in [-0.2, 0) is 50.9 Å². The molecule has 0 spiro atoms. The molecule has 0 aromatic heterocycles. The minimum Gasteiger partial charge on any atom is -0.443 e. The average Bonchev–Trinajstić information content (AvgIpc) is 0.786. The maximum Gasteiger partial charge on any atom is 0.414 e. The van der Waals surface area contributed by atoms with Gasteiger partial charge in [0, 0.05) is 95.3 Å². The summed E-state index contributed by atoms with van der Waals surface area (Å²) in [4.78, 5) is 67.8. The number of nitrogen functional groups attached to an aromatic ring is 1. The number of ether oxygens (including phenoxy) is 3. The Bertz CT molecular complexity index is 4060. The first-order chi connectivity index (χ1) is 48.9. The van der Waals surface area contributed by atoms with Crippen molar-refractivity contribution in [3.63, 3.8) is 0 Å². The molecule has 7 N–H and O–H groups in total. The van der Waals surface area contributed by atoms with Gasteiger partial charge in [-0.1, -0.05) is 157 Å². The summed E-state index contributed by atoms with van der Waals surface area (Å²) in [6.07, 6.45) is 5.06. The van der Waals surface area contributed by atoms with Crippen LogP contribution >= 0.6 is 63.7 Å². The predicted octanol–water partition coefficient (Wildman–Crippen LogP) is 23.5. The largest absolute Gasteiger partial charge is 0.443 e. The molecule has 0 aliphatic carbocycles. The van der Waals surface area contributed by atoms with Gasteiger partial charge in [0.1, 0.15) is 16.8 Å². The fourth-order valence-corrected chi connectivity index (χ4v) is 13.6. The SMILES string of the molecule is CC(C)(C)OC(=O)N1CCC(C)(C)c2cc(Br)ccc21.CC(C)(C)OC(=O)N1CCC(C)(C)c2cc(N)ccc21.CC(C)(C)OC(=O)N1CCC(C)(C)c2cc(N=[N+]=[N-])ccc21.CC(C)=CC(=O)Nc1ccc(Br)cc1.CC1(C)CC(=O)Nc2ccc(Br)cc21.CC1(C)CCNc2ccc(Br)cc21.CCN. The van der Waals surface area contributed by atoms with E-state index in [0.717, 1.165) is 96.6 Å². The maximum absolute atomic E-state index is 12.4. The zero-order valence-electron chi connectivity index (χ0n) is 66.2. The van der Waals surface area contributed by atoms with E-state index in [9.17, 15) is 24.0 Å². The van der Waals surface area contributed by atoms with Crippen LogP contribution in [-0.4, -0.2) is 79.6 Å². The molecule has 5 aliphatic rings. The number of hydrogen-bond donors (Lipinski definition) is 5. The predicted molar refractivity (Wildman–Crippen MR) is 452 cm³/mol. The Hall–Kier alpha value is -7.40. The highest BCUT2D eigenvalue weighted by Gasteiger charge is 2.39. The quantitative estimate of drug-likeness (QED) is 0.0278. The molecule has 5 heterocycles. The zero-order chi connectivity index (χ0) is 79.9. The lowest BCUT2D eigenvalue weighted by Gasteiger charge is -2.39. The lowest BCUT2D eigenvalue weighted by atomic mass is 9.77. The summed E-state index contributed by atoms with van der Waals surface area (Å²) in [6.45, 7) is 48.2. The summed E-state index contributed by atoms with van der Waals surface area (Å²) in [5.74, 6) is 0.0112. The second kappa shape index (κ2) is 37.1. The number of carbonyl (C=O) groups excluding carboxylic acids is 5. The zero-order valence-corrected chi connectivity index (χ0v) is 72.6. The number of nitrogens with one attached hydrogen (secondary N) is 3. The summed E-state index contributed by atoms with van der Waals surface area (Å²) in [5.41, 5.74) is 32.0. The van der Waals surface area contributed by atoms with Crippen molar-refractivity contribution in [1.29, 1.82) is 0 Å². The van der Waals surface area contributed by atoms with Gasteiger partial charge in [-0.3, -0.25) is 24.3 Å². The summed E-state index contributed by atoms with van der Waals surface area (Å²) in [5, 5.41) is 12.7. The van der Waals surface area contributed by atoms with E-state index in [4.69, 9.17) is 31.2 Å². The fourth-order valence-electron chi connectivity index (χ4n) is 12.2. The number of rotatable bonds is 3. The van der Waals surface area contributed by atoms with Crippen molar-refractivity contribution >= 4 is 139 Å². The first-order valence-electron chi connectivity index (χ1n) is 35.9. The van der Waals surface area contributed by atoms with E-state index in [2.05, 4.69) is 189 Å². The van der Waals surface area contributed by atoms with E-state index in [0.29, 0.717) is 37.2 Å². The van der Waals surface area contributed by atoms with Crippen LogP contribution in [0.15, 0.2) is 150 Å². The molecule has 0 bridgehead atoms. The Labute approximate surface area is 664 Å². The number of halogens is 4. The van der Waals surface area contributed by atoms with Crippen molar-refractivity contribution in [2.24, 2.45) is 10.8 Å². The lowest BCUT2D eigenvalue weighted by Crippen LogP contribution is -2.43. The van der Waals surface area contributed by atoms with Crippen molar-refractivity contribution in [3.8, 4) is 0 Å². The molecule has 5 amide bonds. The van der Waals surface area contributed by atoms with Gasteiger partial charge in [0.15, 0.2) is 0 Å². The highest BCUT2D eigenvalue weighted by atomic mass is 79.9. The van der Waals surface area contributed by atoms with Crippen LogP contribution in [0.1, 0.15) is 212 Å². The summed E-state index contributed by atoms with van der Waals surface area (Å²) in [6, 6.07) is 37.1. The van der Waals surface area contributed by atoms with Crippen LogP contribution in [0.3, 0.4) is 0 Å². The summed E-state index contributed by atoms with van der Waals surface area (Å²) < 4.78 is 20.7. The molecule has 576 valence electrons. The maximum atomic E-state index is 12.4. The van der Waals surface area contributed by atoms with Crippen molar-refractivity contribution < 1.29 is 38.2 Å². The molecule has 0 saturated heterocycles. The third kappa shape index (κ3) is 26.8. The molecular weight excluding hydrogens is 1600 g/mol. The number of anilines is 7. The van der Waals surface area contributed by atoms with Gasteiger partial charge in [-0.25, -0.2) is 14.4 Å². The molecule has 5 aliphatic heterocycles. The Morgan fingerprint density at radius 1 is 0.538 bits per heavy atom. The lowest BCUT2D eigenvalue weighted by molar-refractivity contribution is -0.117. The first kappa shape index (κ1) is 89.2. The molecule has 23 heteroatoms. The topological polar surface area (TPSA) is 260 Å². The van der Waals surface area contributed by atoms with E-state index >= 15 is 0 Å². The number of azide groups is 1. The van der Waals surface area contributed by atoms with Crippen molar-refractivity contribution in [1.82, 2.24) is 0 Å². The highest BCUT2D eigenvalue weighted by Crippen LogP contribution is 2.46.